The van der Waals surface area contributed by atoms with Crippen LogP contribution < -0.4 is 10.0 Å². The number of sulfonamides is 1. The van der Waals surface area contributed by atoms with Crippen LogP contribution in [0.15, 0.2) is 71.8 Å². The lowest BCUT2D eigenvalue weighted by molar-refractivity contribution is 0.601. The molecule has 0 radical (unpaired) electrons. The molecule has 0 saturated heterocycles. The molecule has 0 aliphatic heterocycles. The predicted octanol–water partition coefficient (Wildman–Crippen LogP) is 4.24. The molecular formula is C19H19N3O2S. The highest BCUT2D eigenvalue weighted by Crippen LogP contribution is 2.19. The van der Waals surface area contributed by atoms with Gasteiger partial charge >= 0.3 is 0 Å². The van der Waals surface area contributed by atoms with E-state index in [2.05, 4.69) is 15.0 Å². The summed E-state index contributed by atoms with van der Waals surface area (Å²) in [6.07, 6.45) is 1.59. The third kappa shape index (κ3) is 4.36. The molecule has 2 aromatic carbocycles. The Morgan fingerprint density at radius 1 is 0.840 bits per heavy atom. The molecule has 5 nitrogen and oxygen atoms in total. The smallest absolute Gasteiger partial charge is 0.263 e. The number of nitrogens with one attached hydrogen (secondary N) is 2. The van der Waals surface area contributed by atoms with Gasteiger partial charge in [-0.15, -0.1) is 0 Å². The summed E-state index contributed by atoms with van der Waals surface area (Å²) in [5.41, 5.74) is 3.79. The van der Waals surface area contributed by atoms with Gasteiger partial charge in [-0.3, -0.25) is 4.72 Å². The summed E-state index contributed by atoms with van der Waals surface area (Å²) < 4.78 is 27.3. The van der Waals surface area contributed by atoms with Crippen molar-refractivity contribution in [3.05, 3.63) is 78.0 Å². The van der Waals surface area contributed by atoms with E-state index in [9.17, 15) is 8.42 Å². The van der Waals surface area contributed by atoms with Crippen LogP contribution in [0.2, 0.25) is 0 Å². The maximum absolute atomic E-state index is 12.4. The standard InChI is InChI=1S/C19H19N3O2S/c1-14-6-8-16(9-7-14)21-17-10-11-19(20-13-17)22-25(23,24)18-5-3-4-15(2)12-18/h3-13,21H,1-2H3,(H,20,22). The van der Waals surface area contributed by atoms with Gasteiger partial charge in [0, 0.05) is 5.69 Å². The molecule has 0 aliphatic carbocycles. The molecular weight excluding hydrogens is 334 g/mol. The maximum Gasteiger partial charge on any atom is 0.263 e. The van der Waals surface area contributed by atoms with Crippen molar-refractivity contribution in [3.63, 3.8) is 0 Å². The molecule has 3 aromatic rings. The van der Waals surface area contributed by atoms with Crippen molar-refractivity contribution < 1.29 is 8.42 Å². The maximum atomic E-state index is 12.4. The van der Waals surface area contributed by atoms with Crippen LogP contribution in [0.25, 0.3) is 0 Å². The number of rotatable bonds is 5. The highest BCUT2D eigenvalue weighted by molar-refractivity contribution is 7.92. The Labute approximate surface area is 147 Å². The SMILES string of the molecule is Cc1ccc(Nc2ccc(NS(=O)(=O)c3cccc(C)c3)nc2)cc1. The predicted molar refractivity (Wildman–Crippen MR) is 101 cm³/mol. The molecule has 128 valence electrons. The number of hydrogen-bond donors (Lipinski definition) is 2. The lowest BCUT2D eigenvalue weighted by atomic mass is 10.2. The average Bonchev–Trinajstić information content (AvgIpc) is 2.58. The van der Waals surface area contributed by atoms with E-state index in [4.69, 9.17) is 0 Å². The van der Waals surface area contributed by atoms with Crippen molar-refractivity contribution in [2.24, 2.45) is 0 Å². The molecule has 6 heteroatoms. The minimum atomic E-state index is -3.65. The van der Waals surface area contributed by atoms with Crippen molar-refractivity contribution in [3.8, 4) is 0 Å². The molecule has 2 N–H and O–H groups in total. The number of nitrogens with zero attached hydrogens (tertiary/aromatic N) is 1. The Morgan fingerprint density at radius 3 is 2.20 bits per heavy atom. The summed E-state index contributed by atoms with van der Waals surface area (Å²) in [5.74, 6) is 0.274. The molecule has 0 fully saturated rings. The summed E-state index contributed by atoms with van der Waals surface area (Å²) in [6.45, 7) is 3.88. The monoisotopic (exact) mass is 353 g/mol. The molecule has 0 bridgehead atoms. The van der Waals surface area contributed by atoms with Crippen LogP contribution in [0, 0.1) is 13.8 Å². The van der Waals surface area contributed by atoms with Gasteiger partial charge in [-0.2, -0.15) is 0 Å². The van der Waals surface area contributed by atoms with Crippen LogP contribution in [0.4, 0.5) is 17.2 Å². The lowest BCUT2D eigenvalue weighted by Gasteiger charge is -2.10. The molecule has 0 aliphatic rings. The van der Waals surface area contributed by atoms with Gasteiger partial charge in [-0.25, -0.2) is 13.4 Å². The van der Waals surface area contributed by atoms with Gasteiger partial charge in [-0.05, 0) is 55.8 Å². The van der Waals surface area contributed by atoms with Crippen LogP contribution in [0.3, 0.4) is 0 Å². The van der Waals surface area contributed by atoms with E-state index in [1.807, 2.05) is 44.2 Å². The van der Waals surface area contributed by atoms with Crippen LogP contribution >= 0.6 is 0 Å². The topological polar surface area (TPSA) is 71.1 Å². The fourth-order valence-corrected chi connectivity index (χ4v) is 3.42. The molecule has 25 heavy (non-hydrogen) atoms. The van der Waals surface area contributed by atoms with Crippen molar-refractivity contribution in [1.29, 1.82) is 0 Å². The van der Waals surface area contributed by atoms with Crippen molar-refractivity contribution in [1.82, 2.24) is 4.98 Å². The molecule has 1 heterocycles. The third-order valence-electron chi connectivity index (χ3n) is 3.64. The summed E-state index contributed by atoms with van der Waals surface area (Å²) in [4.78, 5) is 4.39. The Morgan fingerprint density at radius 2 is 1.56 bits per heavy atom. The van der Waals surface area contributed by atoms with E-state index in [-0.39, 0.29) is 10.7 Å². The fraction of sp³-hybridized carbons (Fsp3) is 0.105. The zero-order chi connectivity index (χ0) is 17.9. The number of anilines is 3. The van der Waals surface area contributed by atoms with E-state index in [1.165, 1.54) is 5.56 Å². The van der Waals surface area contributed by atoms with Gasteiger partial charge in [-0.1, -0.05) is 29.8 Å². The van der Waals surface area contributed by atoms with Gasteiger partial charge in [0.15, 0.2) is 0 Å². The normalized spacial score (nSPS) is 11.1. The van der Waals surface area contributed by atoms with Gasteiger partial charge < -0.3 is 5.32 Å². The van der Waals surface area contributed by atoms with E-state index in [1.54, 1.807) is 36.5 Å². The molecule has 0 spiro atoms. The molecule has 0 atom stereocenters. The van der Waals surface area contributed by atoms with Crippen molar-refractivity contribution in [2.45, 2.75) is 18.7 Å². The number of pyridine rings is 1. The van der Waals surface area contributed by atoms with E-state index in [0.717, 1.165) is 16.9 Å². The van der Waals surface area contributed by atoms with E-state index in [0.29, 0.717) is 0 Å². The quantitative estimate of drug-likeness (QED) is 0.719. The van der Waals surface area contributed by atoms with Gasteiger partial charge in [0.25, 0.3) is 10.0 Å². The molecule has 0 amide bonds. The summed E-state index contributed by atoms with van der Waals surface area (Å²) in [6, 6.07) is 18.1. The Kier molecular flexibility index (Phi) is 4.72. The Bertz CT molecular complexity index is 966. The minimum absolute atomic E-state index is 0.219. The van der Waals surface area contributed by atoms with E-state index < -0.39 is 10.0 Å². The van der Waals surface area contributed by atoms with E-state index >= 15 is 0 Å². The summed E-state index contributed by atoms with van der Waals surface area (Å²) in [5, 5.41) is 3.22. The highest BCUT2D eigenvalue weighted by Gasteiger charge is 2.14. The van der Waals surface area contributed by atoms with Crippen LogP contribution in [-0.4, -0.2) is 13.4 Å². The van der Waals surface area contributed by atoms with Crippen molar-refractivity contribution >= 4 is 27.2 Å². The molecule has 0 saturated carbocycles. The Balaban J connectivity index is 1.73. The number of aromatic nitrogens is 1. The van der Waals surface area contributed by atoms with Crippen LogP contribution in [0.1, 0.15) is 11.1 Å². The molecule has 3 rings (SSSR count). The second-order valence-electron chi connectivity index (χ2n) is 5.85. The largest absolute Gasteiger partial charge is 0.354 e. The third-order valence-corrected chi connectivity index (χ3v) is 4.99. The number of benzene rings is 2. The molecule has 0 unspecified atom stereocenters. The lowest BCUT2D eigenvalue weighted by Crippen LogP contribution is -2.14. The summed E-state index contributed by atoms with van der Waals surface area (Å²) in [7, 11) is -3.65. The molecule has 1 aromatic heterocycles. The van der Waals surface area contributed by atoms with Gasteiger partial charge in [0.05, 0.1) is 16.8 Å². The average molecular weight is 353 g/mol. The zero-order valence-corrected chi connectivity index (χ0v) is 14.8. The number of aryl methyl sites for hydroxylation is 2. The first kappa shape index (κ1) is 17.0. The number of hydrogen-bond acceptors (Lipinski definition) is 4. The first-order valence-electron chi connectivity index (χ1n) is 7.82. The second-order valence-corrected chi connectivity index (χ2v) is 7.53. The second kappa shape index (κ2) is 6.94. The van der Waals surface area contributed by atoms with Gasteiger partial charge in [0.1, 0.15) is 5.82 Å². The fourth-order valence-electron chi connectivity index (χ4n) is 2.31. The first-order chi connectivity index (χ1) is 11.9. The van der Waals surface area contributed by atoms with Crippen LogP contribution in [0.5, 0.6) is 0 Å². The summed E-state index contributed by atoms with van der Waals surface area (Å²) >= 11 is 0. The highest BCUT2D eigenvalue weighted by atomic mass is 32.2. The Hall–Kier alpha value is -2.86. The first-order valence-corrected chi connectivity index (χ1v) is 9.30. The van der Waals surface area contributed by atoms with Crippen molar-refractivity contribution in [2.75, 3.05) is 10.0 Å². The minimum Gasteiger partial charge on any atom is -0.354 e. The zero-order valence-electron chi connectivity index (χ0n) is 14.0. The van der Waals surface area contributed by atoms with Crippen LogP contribution in [-0.2, 0) is 10.0 Å². The van der Waals surface area contributed by atoms with Gasteiger partial charge in [0.2, 0.25) is 0 Å².